The highest BCUT2D eigenvalue weighted by molar-refractivity contribution is 6.35. The molecule has 0 aliphatic rings. The van der Waals surface area contributed by atoms with Gasteiger partial charge >= 0.3 is 0 Å². The van der Waals surface area contributed by atoms with Gasteiger partial charge in [-0.05, 0) is 37.3 Å². The minimum absolute atomic E-state index is 0.269. The average molecular weight is 344 g/mol. The number of para-hydroxylation sites is 1. The highest BCUT2D eigenvalue weighted by atomic mass is 35.5. The summed E-state index contributed by atoms with van der Waals surface area (Å²) in [4.78, 5) is 4.32. The monoisotopic (exact) mass is 342 g/mol. The number of rotatable bonds is 2. The lowest BCUT2D eigenvalue weighted by Gasteiger charge is -2.12. The second-order valence-corrected chi connectivity index (χ2v) is 6.12. The van der Waals surface area contributed by atoms with E-state index in [4.69, 9.17) is 34.8 Å². The maximum Gasteiger partial charge on any atom is 0.151 e. The predicted octanol–water partition coefficient (Wildman–Crippen LogP) is 5.77. The molecule has 1 unspecified atom stereocenters. The average Bonchev–Trinajstić information content (AvgIpc) is 2.80. The van der Waals surface area contributed by atoms with E-state index in [9.17, 15) is 4.39 Å². The van der Waals surface area contributed by atoms with Crippen LogP contribution in [0.25, 0.3) is 16.7 Å². The third-order valence-electron chi connectivity index (χ3n) is 3.17. The molecule has 0 saturated heterocycles. The van der Waals surface area contributed by atoms with Crippen molar-refractivity contribution in [2.24, 2.45) is 0 Å². The van der Waals surface area contributed by atoms with Gasteiger partial charge in [0, 0.05) is 5.02 Å². The van der Waals surface area contributed by atoms with Crippen LogP contribution in [0, 0.1) is 5.82 Å². The van der Waals surface area contributed by atoms with E-state index in [0.29, 0.717) is 27.1 Å². The predicted molar refractivity (Wildman–Crippen MR) is 85.3 cm³/mol. The summed E-state index contributed by atoms with van der Waals surface area (Å²) in [6.07, 6.45) is 0. The Morgan fingerprint density at radius 3 is 2.62 bits per heavy atom. The molecule has 0 radical (unpaired) electrons. The molecule has 1 aromatic heterocycles. The number of imidazole rings is 1. The number of benzene rings is 2. The lowest BCUT2D eigenvalue weighted by atomic mass is 10.2. The largest absolute Gasteiger partial charge is 0.293 e. The van der Waals surface area contributed by atoms with Gasteiger partial charge in [-0.1, -0.05) is 29.3 Å². The Bertz CT molecular complexity index is 827. The van der Waals surface area contributed by atoms with Crippen molar-refractivity contribution in [3.63, 3.8) is 0 Å². The normalized spacial score (nSPS) is 12.8. The van der Waals surface area contributed by atoms with Crippen LogP contribution in [0.15, 0.2) is 36.4 Å². The van der Waals surface area contributed by atoms with Crippen molar-refractivity contribution in [1.82, 2.24) is 9.55 Å². The fourth-order valence-electron chi connectivity index (χ4n) is 2.27. The van der Waals surface area contributed by atoms with Crippen LogP contribution >= 0.6 is 34.8 Å². The number of hydrogen-bond donors (Lipinski definition) is 0. The molecule has 0 aliphatic carbocycles. The van der Waals surface area contributed by atoms with E-state index >= 15 is 0 Å². The molecule has 0 amide bonds. The number of fused-ring (bicyclic) bond motifs is 1. The quantitative estimate of drug-likeness (QED) is 0.540. The van der Waals surface area contributed by atoms with Crippen molar-refractivity contribution in [3.05, 3.63) is 58.1 Å². The van der Waals surface area contributed by atoms with Crippen LogP contribution in [0.4, 0.5) is 4.39 Å². The number of alkyl halides is 1. The number of aromatic nitrogens is 2. The fraction of sp³-hybridized carbons (Fsp3) is 0.133. The number of nitrogens with zero attached hydrogens (tertiary/aromatic N) is 2. The Morgan fingerprint density at radius 2 is 1.95 bits per heavy atom. The first kappa shape index (κ1) is 14.6. The van der Waals surface area contributed by atoms with Crippen LogP contribution in [-0.4, -0.2) is 9.55 Å². The first-order valence-electron chi connectivity index (χ1n) is 6.25. The van der Waals surface area contributed by atoms with Crippen LogP contribution in [0.1, 0.15) is 18.1 Å². The summed E-state index contributed by atoms with van der Waals surface area (Å²) in [7, 11) is 0. The molecule has 3 rings (SSSR count). The van der Waals surface area contributed by atoms with Gasteiger partial charge in [0.2, 0.25) is 0 Å². The van der Waals surface area contributed by atoms with Crippen molar-refractivity contribution in [3.8, 4) is 5.69 Å². The van der Waals surface area contributed by atoms with Crippen molar-refractivity contribution in [2.75, 3.05) is 0 Å². The van der Waals surface area contributed by atoms with Crippen LogP contribution in [-0.2, 0) is 0 Å². The zero-order chi connectivity index (χ0) is 15.1. The second kappa shape index (κ2) is 5.48. The summed E-state index contributed by atoms with van der Waals surface area (Å²) in [5.74, 6) is 0.135. The maximum atomic E-state index is 14.0. The van der Waals surface area contributed by atoms with Crippen LogP contribution in [0.3, 0.4) is 0 Å². The number of halogens is 4. The van der Waals surface area contributed by atoms with Gasteiger partial charge in [-0.2, -0.15) is 0 Å². The highest BCUT2D eigenvalue weighted by Gasteiger charge is 2.19. The summed E-state index contributed by atoms with van der Waals surface area (Å²) in [6.45, 7) is 1.78. The van der Waals surface area contributed by atoms with E-state index in [1.54, 1.807) is 41.8 Å². The molecule has 1 heterocycles. The zero-order valence-corrected chi connectivity index (χ0v) is 13.2. The van der Waals surface area contributed by atoms with Gasteiger partial charge in [-0.3, -0.25) is 4.57 Å². The Labute approximate surface area is 136 Å². The number of hydrogen-bond acceptors (Lipinski definition) is 1. The van der Waals surface area contributed by atoms with E-state index in [-0.39, 0.29) is 5.52 Å². The van der Waals surface area contributed by atoms with Gasteiger partial charge in [-0.25, -0.2) is 9.37 Å². The molecule has 21 heavy (non-hydrogen) atoms. The third kappa shape index (κ3) is 2.50. The van der Waals surface area contributed by atoms with Gasteiger partial charge in [0.15, 0.2) is 5.82 Å². The second-order valence-electron chi connectivity index (χ2n) is 4.62. The molecular formula is C15H10Cl3FN2. The smallest absolute Gasteiger partial charge is 0.151 e. The third-order valence-corrected chi connectivity index (χ3v) is 3.90. The lowest BCUT2D eigenvalue weighted by Crippen LogP contribution is -2.02. The molecule has 0 N–H and O–H groups in total. The van der Waals surface area contributed by atoms with E-state index in [2.05, 4.69) is 4.98 Å². The lowest BCUT2D eigenvalue weighted by molar-refractivity contribution is 0.637. The summed E-state index contributed by atoms with van der Waals surface area (Å²) in [6, 6.07) is 9.88. The van der Waals surface area contributed by atoms with Crippen molar-refractivity contribution < 1.29 is 4.39 Å². The highest BCUT2D eigenvalue weighted by Crippen LogP contribution is 2.33. The van der Waals surface area contributed by atoms with Crippen LogP contribution in [0.2, 0.25) is 10.0 Å². The molecule has 108 valence electrons. The SMILES string of the molecule is CC(Cl)c1nc2c(F)cccc2n1-c1ccc(Cl)cc1Cl. The van der Waals surface area contributed by atoms with E-state index in [1.807, 2.05) is 0 Å². The fourth-order valence-corrected chi connectivity index (χ4v) is 2.91. The molecule has 0 spiro atoms. The molecule has 3 aromatic rings. The van der Waals surface area contributed by atoms with Gasteiger partial charge in [-0.15, -0.1) is 11.6 Å². The molecule has 2 nitrogen and oxygen atoms in total. The molecule has 0 bridgehead atoms. The Balaban J connectivity index is 2.39. The standard InChI is InChI=1S/C15H10Cl3FN2/c1-8(16)15-20-14-11(19)3-2-4-13(14)21(15)12-6-5-9(17)7-10(12)18/h2-8H,1H3. The molecule has 2 aromatic carbocycles. The minimum atomic E-state index is -0.399. The van der Waals surface area contributed by atoms with Gasteiger partial charge < -0.3 is 0 Å². The van der Waals surface area contributed by atoms with E-state index < -0.39 is 11.2 Å². The zero-order valence-electron chi connectivity index (χ0n) is 10.9. The van der Waals surface area contributed by atoms with Crippen LogP contribution < -0.4 is 0 Å². The first-order valence-corrected chi connectivity index (χ1v) is 7.44. The van der Waals surface area contributed by atoms with Crippen molar-refractivity contribution in [1.29, 1.82) is 0 Å². The van der Waals surface area contributed by atoms with Crippen molar-refractivity contribution in [2.45, 2.75) is 12.3 Å². The molecular weight excluding hydrogens is 334 g/mol. The Hall–Kier alpha value is -1.29. The van der Waals surface area contributed by atoms with Gasteiger partial charge in [0.25, 0.3) is 0 Å². The minimum Gasteiger partial charge on any atom is -0.293 e. The van der Waals surface area contributed by atoms with Gasteiger partial charge in [0.05, 0.1) is 21.6 Å². The summed E-state index contributed by atoms with van der Waals surface area (Å²) in [5.41, 5.74) is 1.55. The molecule has 6 heteroatoms. The molecule has 0 fully saturated rings. The topological polar surface area (TPSA) is 17.8 Å². The van der Waals surface area contributed by atoms with E-state index in [1.165, 1.54) is 6.07 Å². The maximum absolute atomic E-state index is 14.0. The Kier molecular flexibility index (Phi) is 3.82. The van der Waals surface area contributed by atoms with Crippen molar-refractivity contribution >= 4 is 45.8 Å². The summed E-state index contributed by atoms with van der Waals surface area (Å²) < 4.78 is 15.7. The molecule has 1 atom stereocenters. The first-order chi connectivity index (χ1) is 9.99. The summed E-state index contributed by atoms with van der Waals surface area (Å²) >= 11 is 18.4. The van der Waals surface area contributed by atoms with Crippen LogP contribution in [0.5, 0.6) is 0 Å². The Morgan fingerprint density at radius 1 is 1.19 bits per heavy atom. The molecule has 0 aliphatic heterocycles. The molecule has 0 saturated carbocycles. The summed E-state index contributed by atoms with van der Waals surface area (Å²) in [5, 5.41) is 0.577. The van der Waals surface area contributed by atoms with Gasteiger partial charge in [0.1, 0.15) is 11.3 Å². The van der Waals surface area contributed by atoms with E-state index in [0.717, 1.165) is 0 Å².